The smallest absolute Gasteiger partial charge is 0.136 e. The Kier molecular flexibility index (Phi) is 6.12. The Hall–Kier alpha value is -0.580. The molecule has 1 unspecified atom stereocenters. The summed E-state index contributed by atoms with van der Waals surface area (Å²) in [6.45, 7) is 3.98. The van der Waals surface area contributed by atoms with Crippen LogP contribution in [0.5, 0.6) is 0 Å². The van der Waals surface area contributed by atoms with Crippen molar-refractivity contribution in [3.05, 3.63) is 30.1 Å². The summed E-state index contributed by atoms with van der Waals surface area (Å²) in [5, 5.41) is 9.86. The molecule has 0 fully saturated rings. The lowest BCUT2D eigenvalue weighted by atomic mass is 10.0. The summed E-state index contributed by atoms with van der Waals surface area (Å²) in [6, 6.07) is 6.62. The van der Waals surface area contributed by atoms with Gasteiger partial charge in [-0.25, -0.2) is 4.39 Å². The zero-order valence-corrected chi connectivity index (χ0v) is 12.0. The van der Waals surface area contributed by atoms with Crippen molar-refractivity contribution < 1.29 is 14.2 Å². The molecular formula is C14H21FO2S. The molecule has 0 aliphatic rings. The average Bonchev–Trinajstić information content (AvgIpc) is 2.35. The number of benzene rings is 1. The minimum atomic E-state index is -0.441. The number of hydrogen-bond acceptors (Lipinski definition) is 3. The van der Waals surface area contributed by atoms with Crippen LogP contribution >= 0.6 is 11.8 Å². The Bertz CT molecular complexity index is 369. The van der Waals surface area contributed by atoms with Crippen LogP contribution in [0.15, 0.2) is 29.2 Å². The summed E-state index contributed by atoms with van der Waals surface area (Å²) in [6.07, 6.45) is 0.995. The highest BCUT2D eigenvalue weighted by Gasteiger charge is 2.18. The third kappa shape index (κ3) is 5.38. The van der Waals surface area contributed by atoms with E-state index in [-0.39, 0.29) is 11.4 Å². The fraction of sp³-hybridized carbons (Fsp3) is 0.571. The van der Waals surface area contributed by atoms with Gasteiger partial charge in [0.1, 0.15) is 5.82 Å². The molecule has 102 valence electrons. The second-order valence-corrected chi connectivity index (χ2v) is 5.96. The molecule has 1 aromatic rings. The van der Waals surface area contributed by atoms with E-state index in [1.165, 1.54) is 17.8 Å². The van der Waals surface area contributed by atoms with Crippen LogP contribution in [-0.4, -0.2) is 29.7 Å². The van der Waals surface area contributed by atoms with Gasteiger partial charge in [-0.15, -0.1) is 11.8 Å². The monoisotopic (exact) mass is 272 g/mol. The van der Waals surface area contributed by atoms with Gasteiger partial charge in [0.05, 0.1) is 11.7 Å². The predicted molar refractivity (Wildman–Crippen MR) is 73.5 cm³/mol. The Morgan fingerprint density at radius 1 is 1.39 bits per heavy atom. The van der Waals surface area contributed by atoms with Crippen LogP contribution in [0.25, 0.3) is 0 Å². The van der Waals surface area contributed by atoms with Gasteiger partial charge in [-0.05, 0) is 38.8 Å². The second-order valence-electron chi connectivity index (χ2n) is 4.90. The summed E-state index contributed by atoms with van der Waals surface area (Å²) in [5.74, 6) is 0.271. The summed E-state index contributed by atoms with van der Waals surface area (Å²) in [4.78, 5) is 0.586. The van der Waals surface area contributed by atoms with Crippen molar-refractivity contribution in [3.8, 4) is 0 Å². The summed E-state index contributed by atoms with van der Waals surface area (Å²) >= 11 is 1.35. The topological polar surface area (TPSA) is 29.5 Å². The van der Waals surface area contributed by atoms with Gasteiger partial charge in [-0.1, -0.05) is 12.1 Å². The Morgan fingerprint density at radius 3 is 2.67 bits per heavy atom. The highest BCUT2D eigenvalue weighted by molar-refractivity contribution is 7.99. The first-order chi connectivity index (χ1) is 8.44. The van der Waals surface area contributed by atoms with E-state index in [1.54, 1.807) is 25.3 Å². The first-order valence-electron chi connectivity index (χ1n) is 6.05. The quantitative estimate of drug-likeness (QED) is 0.771. The minimum Gasteiger partial charge on any atom is -0.392 e. The highest BCUT2D eigenvalue weighted by atomic mass is 32.2. The molecule has 0 heterocycles. The molecule has 0 saturated heterocycles. The summed E-state index contributed by atoms with van der Waals surface area (Å²) in [7, 11) is 1.67. The van der Waals surface area contributed by atoms with E-state index < -0.39 is 6.10 Å². The number of rotatable bonds is 7. The zero-order chi connectivity index (χ0) is 13.6. The van der Waals surface area contributed by atoms with Crippen molar-refractivity contribution >= 4 is 11.8 Å². The van der Waals surface area contributed by atoms with E-state index >= 15 is 0 Å². The second kappa shape index (κ2) is 7.12. The number of halogens is 1. The van der Waals surface area contributed by atoms with Crippen molar-refractivity contribution in [2.75, 3.05) is 12.9 Å². The zero-order valence-electron chi connectivity index (χ0n) is 11.1. The van der Waals surface area contributed by atoms with E-state index in [9.17, 15) is 9.50 Å². The van der Waals surface area contributed by atoms with Crippen LogP contribution in [-0.2, 0) is 4.74 Å². The molecule has 1 rings (SSSR count). The van der Waals surface area contributed by atoms with Crippen molar-refractivity contribution in [3.63, 3.8) is 0 Å². The number of aliphatic hydroxyl groups is 1. The molecule has 4 heteroatoms. The van der Waals surface area contributed by atoms with Crippen LogP contribution in [0.2, 0.25) is 0 Å². The maximum absolute atomic E-state index is 13.3. The SMILES string of the molecule is COC(C)(C)CCC(O)CSc1ccccc1F. The van der Waals surface area contributed by atoms with E-state index in [2.05, 4.69) is 0 Å². The summed E-state index contributed by atoms with van der Waals surface area (Å²) < 4.78 is 18.6. The fourth-order valence-electron chi connectivity index (χ4n) is 1.45. The van der Waals surface area contributed by atoms with E-state index in [4.69, 9.17) is 4.74 Å². The van der Waals surface area contributed by atoms with Gasteiger partial charge in [0.25, 0.3) is 0 Å². The molecular weight excluding hydrogens is 251 g/mol. The number of aliphatic hydroxyl groups excluding tert-OH is 1. The lowest BCUT2D eigenvalue weighted by Crippen LogP contribution is -2.25. The lowest BCUT2D eigenvalue weighted by Gasteiger charge is -2.24. The van der Waals surface area contributed by atoms with Crippen molar-refractivity contribution in [1.82, 2.24) is 0 Å². The maximum Gasteiger partial charge on any atom is 0.136 e. The normalized spacial score (nSPS) is 13.6. The van der Waals surface area contributed by atoms with Gasteiger partial charge in [-0.2, -0.15) is 0 Å². The van der Waals surface area contributed by atoms with Crippen LogP contribution in [0.4, 0.5) is 4.39 Å². The average molecular weight is 272 g/mol. The van der Waals surface area contributed by atoms with Gasteiger partial charge in [0, 0.05) is 17.8 Å². The molecule has 0 aliphatic heterocycles. The van der Waals surface area contributed by atoms with Crippen LogP contribution < -0.4 is 0 Å². The molecule has 0 bridgehead atoms. The van der Waals surface area contributed by atoms with Crippen LogP contribution in [0, 0.1) is 5.82 Å². The van der Waals surface area contributed by atoms with Crippen molar-refractivity contribution in [1.29, 1.82) is 0 Å². The van der Waals surface area contributed by atoms with E-state index in [0.29, 0.717) is 17.1 Å². The molecule has 0 radical (unpaired) electrons. The Balaban J connectivity index is 2.34. The number of hydrogen-bond donors (Lipinski definition) is 1. The number of methoxy groups -OCH3 is 1. The molecule has 0 saturated carbocycles. The predicted octanol–water partition coefficient (Wildman–Crippen LogP) is 3.48. The Morgan fingerprint density at radius 2 is 2.06 bits per heavy atom. The molecule has 0 aliphatic carbocycles. The van der Waals surface area contributed by atoms with Gasteiger partial charge >= 0.3 is 0 Å². The largest absolute Gasteiger partial charge is 0.392 e. The molecule has 2 nitrogen and oxygen atoms in total. The summed E-state index contributed by atoms with van der Waals surface area (Å²) in [5.41, 5.74) is -0.219. The highest BCUT2D eigenvalue weighted by Crippen LogP contribution is 2.24. The van der Waals surface area contributed by atoms with Crippen molar-refractivity contribution in [2.45, 2.75) is 43.3 Å². The standard InChI is InChI=1S/C14H21FO2S/c1-14(2,17-3)9-8-11(16)10-18-13-7-5-4-6-12(13)15/h4-7,11,16H,8-10H2,1-3H3. The maximum atomic E-state index is 13.3. The molecule has 0 spiro atoms. The molecule has 1 atom stereocenters. The first kappa shape index (κ1) is 15.5. The van der Waals surface area contributed by atoms with Gasteiger partial charge < -0.3 is 9.84 Å². The number of thioether (sulfide) groups is 1. The fourth-order valence-corrected chi connectivity index (χ4v) is 2.37. The van der Waals surface area contributed by atoms with E-state index in [0.717, 1.165) is 6.42 Å². The molecule has 0 amide bonds. The third-order valence-corrected chi connectivity index (χ3v) is 4.09. The van der Waals surface area contributed by atoms with Gasteiger partial charge in [-0.3, -0.25) is 0 Å². The van der Waals surface area contributed by atoms with E-state index in [1.807, 2.05) is 13.8 Å². The van der Waals surface area contributed by atoms with Crippen LogP contribution in [0.1, 0.15) is 26.7 Å². The van der Waals surface area contributed by atoms with Crippen LogP contribution in [0.3, 0.4) is 0 Å². The molecule has 1 aromatic carbocycles. The van der Waals surface area contributed by atoms with Gasteiger partial charge in [0.2, 0.25) is 0 Å². The Labute approximate surface area is 113 Å². The molecule has 18 heavy (non-hydrogen) atoms. The molecule has 1 N–H and O–H groups in total. The lowest BCUT2D eigenvalue weighted by molar-refractivity contribution is 0.00494. The van der Waals surface area contributed by atoms with Crippen molar-refractivity contribution in [2.24, 2.45) is 0 Å². The number of ether oxygens (including phenoxy) is 1. The third-order valence-electron chi connectivity index (χ3n) is 2.90. The first-order valence-corrected chi connectivity index (χ1v) is 7.04. The molecule has 0 aromatic heterocycles. The van der Waals surface area contributed by atoms with Gasteiger partial charge in [0.15, 0.2) is 0 Å². The minimum absolute atomic E-state index is 0.219.